The molecule has 7 heteroatoms. The van der Waals surface area contributed by atoms with Gasteiger partial charge in [-0.3, -0.25) is 14.4 Å². The molecule has 2 unspecified atom stereocenters. The molecule has 122 valence electrons. The second-order valence-electron chi connectivity index (χ2n) is 6.25. The van der Waals surface area contributed by atoms with E-state index in [9.17, 15) is 4.79 Å². The highest BCUT2D eigenvalue weighted by molar-refractivity contribution is 5.76. The Labute approximate surface area is 131 Å². The van der Waals surface area contributed by atoms with E-state index in [0.29, 0.717) is 18.4 Å². The van der Waals surface area contributed by atoms with Crippen LogP contribution >= 0.6 is 0 Å². The van der Waals surface area contributed by atoms with E-state index in [0.717, 1.165) is 52.4 Å². The molecular formula is C15H25N5O2. The molecule has 0 aromatic carbocycles. The molecule has 2 aliphatic rings. The van der Waals surface area contributed by atoms with E-state index in [1.165, 1.54) is 6.33 Å². The third-order valence-corrected chi connectivity index (χ3v) is 4.68. The first-order chi connectivity index (χ1) is 10.7. The van der Waals surface area contributed by atoms with Crippen molar-refractivity contribution in [1.82, 2.24) is 24.6 Å². The summed E-state index contributed by atoms with van der Waals surface area (Å²) in [4.78, 5) is 20.8. The minimum absolute atomic E-state index is 0.266. The summed E-state index contributed by atoms with van der Waals surface area (Å²) >= 11 is 0. The normalized spacial score (nSPS) is 26.5. The van der Waals surface area contributed by atoms with Gasteiger partial charge in [0, 0.05) is 45.2 Å². The molecule has 0 bridgehead atoms. The lowest BCUT2D eigenvalue weighted by Gasteiger charge is -2.34. The van der Waals surface area contributed by atoms with Crippen LogP contribution in [0.25, 0.3) is 0 Å². The molecule has 1 amide bonds. The quantitative estimate of drug-likeness (QED) is 0.779. The standard InChI is InChI=1S/C15H25N5O2/c1-13-9-19(10-14(13)18-5-7-22-8-6-18)15(21)3-2-4-20-12-16-11-17-20/h11-14H,2-10H2,1H3. The van der Waals surface area contributed by atoms with Crippen LogP contribution in [0.5, 0.6) is 0 Å². The Hall–Kier alpha value is -1.47. The number of likely N-dealkylation sites (tertiary alicyclic amines) is 1. The second kappa shape index (κ2) is 7.19. The summed E-state index contributed by atoms with van der Waals surface area (Å²) in [6, 6.07) is 0.489. The SMILES string of the molecule is CC1CN(C(=O)CCCn2cncn2)CC1N1CCOCC1. The Bertz CT molecular complexity index is 472. The molecule has 2 aliphatic heterocycles. The number of hydrogen-bond donors (Lipinski definition) is 0. The second-order valence-corrected chi connectivity index (χ2v) is 6.25. The highest BCUT2D eigenvalue weighted by Gasteiger charge is 2.36. The molecule has 2 fully saturated rings. The maximum Gasteiger partial charge on any atom is 0.222 e. The minimum Gasteiger partial charge on any atom is -0.379 e. The molecule has 7 nitrogen and oxygen atoms in total. The number of morpholine rings is 1. The summed E-state index contributed by atoms with van der Waals surface area (Å²) in [6.07, 6.45) is 4.62. The summed E-state index contributed by atoms with van der Waals surface area (Å²) in [5.41, 5.74) is 0. The number of rotatable bonds is 5. The summed E-state index contributed by atoms with van der Waals surface area (Å²) in [5, 5.41) is 4.06. The Morgan fingerprint density at radius 1 is 1.32 bits per heavy atom. The molecule has 22 heavy (non-hydrogen) atoms. The zero-order chi connectivity index (χ0) is 15.4. The van der Waals surface area contributed by atoms with Crippen LogP contribution in [0.1, 0.15) is 19.8 Å². The van der Waals surface area contributed by atoms with Crippen LogP contribution < -0.4 is 0 Å². The lowest BCUT2D eigenvalue weighted by atomic mass is 10.0. The van der Waals surface area contributed by atoms with Crippen LogP contribution in [-0.4, -0.2) is 75.9 Å². The first kappa shape index (κ1) is 15.4. The van der Waals surface area contributed by atoms with Gasteiger partial charge in [-0.1, -0.05) is 6.92 Å². The van der Waals surface area contributed by atoms with Gasteiger partial charge >= 0.3 is 0 Å². The average Bonchev–Trinajstić information content (AvgIpc) is 3.17. The maximum atomic E-state index is 12.4. The van der Waals surface area contributed by atoms with Crippen LogP contribution in [0.2, 0.25) is 0 Å². The van der Waals surface area contributed by atoms with Crippen LogP contribution in [0.4, 0.5) is 0 Å². The average molecular weight is 307 g/mol. The number of aryl methyl sites for hydroxylation is 1. The van der Waals surface area contributed by atoms with Gasteiger partial charge in [0.15, 0.2) is 0 Å². The first-order valence-corrected chi connectivity index (χ1v) is 8.16. The number of amides is 1. The molecule has 1 aromatic rings. The van der Waals surface area contributed by atoms with E-state index in [1.807, 2.05) is 4.90 Å². The lowest BCUT2D eigenvalue weighted by molar-refractivity contribution is -0.130. The van der Waals surface area contributed by atoms with Crippen molar-refractivity contribution in [3.8, 4) is 0 Å². The van der Waals surface area contributed by atoms with Gasteiger partial charge in [-0.2, -0.15) is 5.10 Å². The molecule has 3 heterocycles. The van der Waals surface area contributed by atoms with Crippen molar-refractivity contribution in [3.63, 3.8) is 0 Å². The van der Waals surface area contributed by atoms with Gasteiger partial charge in [-0.25, -0.2) is 4.98 Å². The number of ether oxygens (including phenoxy) is 1. The van der Waals surface area contributed by atoms with Crippen molar-refractivity contribution < 1.29 is 9.53 Å². The molecule has 3 rings (SSSR count). The van der Waals surface area contributed by atoms with E-state index < -0.39 is 0 Å². The van der Waals surface area contributed by atoms with E-state index in [-0.39, 0.29) is 5.91 Å². The van der Waals surface area contributed by atoms with E-state index >= 15 is 0 Å². The van der Waals surface area contributed by atoms with Crippen molar-refractivity contribution in [2.24, 2.45) is 5.92 Å². The predicted molar refractivity (Wildman–Crippen MR) is 81.2 cm³/mol. The fourth-order valence-corrected chi connectivity index (χ4v) is 3.44. The molecule has 0 spiro atoms. The molecule has 1 aromatic heterocycles. The van der Waals surface area contributed by atoms with Gasteiger partial charge in [0.2, 0.25) is 5.91 Å². The molecule has 0 N–H and O–H groups in total. The van der Waals surface area contributed by atoms with Crippen molar-refractivity contribution in [2.45, 2.75) is 32.4 Å². The van der Waals surface area contributed by atoms with E-state index in [2.05, 4.69) is 21.9 Å². The predicted octanol–water partition coefficient (Wildman–Crippen LogP) is 0.237. The molecule has 0 radical (unpaired) electrons. The number of carbonyl (C=O) groups is 1. The van der Waals surface area contributed by atoms with Gasteiger partial charge in [0.25, 0.3) is 0 Å². The zero-order valence-electron chi connectivity index (χ0n) is 13.2. The van der Waals surface area contributed by atoms with Crippen molar-refractivity contribution in [1.29, 1.82) is 0 Å². The van der Waals surface area contributed by atoms with Crippen LogP contribution in [0.3, 0.4) is 0 Å². The molecule has 2 atom stereocenters. The number of aromatic nitrogens is 3. The minimum atomic E-state index is 0.266. The topological polar surface area (TPSA) is 63.5 Å². The van der Waals surface area contributed by atoms with E-state index in [4.69, 9.17) is 4.74 Å². The molecule has 0 saturated carbocycles. The lowest BCUT2D eigenvalue weighted by Crippen LogP contribution is -2.47. The fourth-order valence-electron chi connectivity index (χ4n) is 3.44. The summed E-state index contributed by atoms with van der Waals surface area (Å²) in [5.74, 6) is 0.806. The van der Waals surface area contributed by atoms with E-state index in [1.54, 1.807) is 11.0 Å². The summed E-state index contributed by atoms with van der Waals surface area (Å²) in [7, 11) is 0. The Balaban J connectivity index is 1.45. The van der Waals surface area contributed by atoms with Crippen molar-refractivity contribution in [2.75, 3.05) is 39.4 Å². The third-order valence-electron chi connectivity index (χ3n) is 4.68. The number of carbonyl (C=O) groups excluding carboxylic acids is 1. The Kier molecular flexibility index (Phi) is 5.04. The largest absolute Gasteiger partial charge is 0.379 e. The maximum absolute atomic E-state index is 12.4. The summed E-state index contributed by atoms with van der Waals surface area (Å²) < 4.78 is 7.20. The van der Waals surface area contributed by atoms with Gasteiger partial charge in [-0.05, 0) is 12.3 Å². The fraction of sp³-hybridized carbons (Fsp3) is 0.800. The first-order valence-electron chi connectivity index (χ1n) is 8.16. The number of nitrogens with zero attached hydrogens (tertiary/aromatic N) is 5. The molecular weight excluding hydrogens is 282 g/mol. The highest BCUT2D eigenvalue weighted by Crippen LogP contribution is 2.23. The molecule has 2 saturated heterocycles. The zero-order valence-corrected chi connectivity index (χ0v) is 13.2. The van der Waals surface area contributed by atoms with Gasteiger partial charge in [0.05, 0.1) is 13.2 Å². The van der Waals surface area contributed by atoms with Crippen LogP contribution in [0, 0.1) is 5.92 Å². The Morgan fingerprint density at radius 2 is 2.14 bits per heavy atom. The summed E-state index contributed by atoms with van der Waals surface area (Å²) in [6.45, 7) is 8.36. The van der Waals surface area contributed by atoms with Crippen molar-refractivity contribution in [3.05, 3.63) is 12.7 Å². The van der Waals surface area contributed by atoms with Crippen molar-refractivity contribution >= 4 is 5.91 Å². The Morgan fingerprint density at radius 3 is 2.86 bits per heavy atom. The van der Waals surface area contributed by atoms with Crippen LogP contribution in [-0.2, 0) is 16.1 Å². The van der Waals surface area contributed by atoms with Crippen LogP contribution in [0.15, 0.2) is 12.7 Å². The smallest absolute Gasteiger partial charge is 0.222 e. The monoisotopic (exact) mass is 307 g/mol. The molecule has 0 aliphatic carbocycles. The van der Waals surface area contributed by atoms with Gasteiger partial charge in [-0.15, -0.1) is 0 Å². The highest BCUT2D eigenvalue weighted by atomic mass is 16.5. The number of hydrogen-bond acceptors (Lipinski definition) is 5. The third kappa shape index (κ3) is 3.64. The van der Waals surface area contributed by atoms with Gasteiger partial charge in [0.1, 0.15) is 12.7 Å². The van der Waals surface area contributed by atoms with Gasteiger partial charge < -0.3 is 9.64 Å².